The molecular weight excluding hydrogens is 694 g/mol. The Bertz CT molecular complexity index is 2230. The molecule has 22 heteroatoms. The third-order valence-corrected chi connectivity index (χ3v) is 9.01. The van der Waals surface area contributed by atoms with E-state index in [1.165, 1.54) is 6.07 Å². The fourth-order valence-electron chi connectivity index (χ4n) is 4.78. The lowest BCUT2D eigenvalue weighted by molar-refractivity contribution is -0.388. The Labute approximate surface area is 259 Å². The first-order valence-corrected chi connectivity index (χ1v) is 16.3. The molecule has 1 aliphatic rings. The first-order chi connectivity index (χ1) is 21.2. The van der Waals surface area contributed by atoms with Crippen LogP contribution in [0.5, 0.6) is 0 Å². The Morgan fingerprint density at radius 1 is 0.787 bits per heavy atom. The summed E-state index contributed by atoms with van der Waals surface area (Å²) in [7, 11) is -8.05. The van der Waals surface area contributed by atoms with Crippen LogP contribution in [0.1, 0.15) is 41.2 Å². The topological polar surface area (TPSA) is 194 Å². The number of ketones is 1. The first-order valence-electron chi connectivity index (χ1n) is 12.6. The number of rotatable bonds is 6. The van der Waals surface area contributed by atoms with Gasteiger partial charge >= 0.3 is 12.4 Å². The van der Waals surface area contributed by atoms with Gasteiger partial charge in [0.15, 0.2) is 5.78 Å². The maximum Gasteiger partial charge on any atom is 0.423 e. The number of Topliss-reactive ketones (excluding diaryl/α,β-unsaturated/α-hetero) is 1. The predicted molar refractivity (Wildman–Crippen MR) is 151 cm³/mol. The number of hydrogen-bond donors (Lipinski definition) is 0. The van der Waals surface area contributed by atoms with E-state index < -0.39 is 81.6 Å². The van der Waals surface area contributed by atoms with Crippen LogP contribution in [0.15, 0.2) is 36.4 Å². The highest BCUT2D eigenvalue weighted by Crippen LogP contribution is 2.45. The zero-order valence-electron chi connectivity index (χ0n) is 24.1. The van der Waals surface area contributed by atoms with Crippen molar-refractivity contribution in [2.45, 2.75) is 31.8 Å². The highest BCUT2D eigenvalue weighted by atomic mass is 32.2. The summed E-state index contributed by atoms with van der Waals surface area (Å²) in [5.74, 6) is -0.706. The second-order valence-corrected chi connectivity index (χ2v) is 14.2. The lowest BCUT2D eigenvalue weighted by Gasteiger charge is -2.12. The Kier molecular flexibility index (Phi) is 8.27. The molecule has 0 bridgehead atoms. The molecule has 4 aromatic rings. The number of ether oxygens (including phenoxy) is 1. The number of carbonyl (C=O) groups is 1. The lowest BCUT2D eigenvalue weighted by Crippen LogP contribution is -2.18. The molecule has 5 rings (SSSR count). The molecule has 1 fully saturated rings. The summed E-state index contributed by atoms with van der Waals surface area (Å²) in [5, 5.41) is 21.7. The van der Waals surface area contributed by atoms with Crippen molar-refractivity contribution in [3.63, 3.8) is 0 Å². The maximum absolute atomic E-state index is 13.1. The number of nitro groups is 2. The second-order valence-electron chi connectivity index (χ2n) is 10.6. The van der Waals surface area contributed by atoms with E-state index in [2.05, 4.69) is 0 Å². The normalized spacial score (nSPS) is 17.0. The van der Waals surface area contributed by atoms with Crippen molar-refractivity contribution in [3.8, 4) is 0 Å². The van der Waals surface area contributed by atoms with Gasteiger partial charge in [0.2, 0.25) is 20.0 Å². The van der Waals surface area contributed by atoms with Crippen molar-refractivity contribution in [1.82, 2.24) is 7.94 Å². The fraction of sp³-hybridized carbons (Fsp3) is 0.320. The molecule has 0 radical (unpaired) electrons. The average Bonchev–Trinajstić information content (AvgIpc) is 3.34. The quantitative estimate of drug-likeness (QED) is 0.0842. The summed E-state index contributed by atoms with van der Waals surface area (Å²) in [4.78, 5) is 31.0. The summed E-state index contributed by atoms with van der Waals surface area (Å²) in [6.45, 7) is 2.82. The third kappa shape index (κ3) is 6.65. The van der Waals surface area contributed by atoms with Crippen LogP contribution in [0.3, 0.4) is 0 Å². The standard InChI is InChI=1S/C13H11F3N2O5S.C12H9F3N2O5S/c1-12(6-23-12)11-4-7-3-10(18(19)20)8(13(14,15)16)5-9(7)17(11)24(2,21)22;1-6(18)9-3-7-4-11(17(19)20)8(12(13,14)15)5-10(7)16(9)23(2,21)22/h3-5H,6H2,1-2H3;3-5H,1-2H3. The maximum atomic E-state index is 13.1. The third-order valence-electron chi connectivity index (χ3n) is 6.90. The zero-order valence-corrected chi connectivity index (χ0v) is 25.8. The Morgan fingerprint density at radius 3 is 1.49 bits per heavy atom. The van der Waals surface area contributed by atoms with Crippen molar-refractivity contribution >= 4 is 59.0 Å². The van der Waals surface area contributed by atoms with Crippen LogP contribution in [-0.2, 0) is 42.7 Å². The van der Waals surface area contributed by atoms with Crippen molar-refractivity contribution in [3.05, 3.63) is 79.1 Å². The minimum absolute atomic E-state index is 0.0202. The van der Waals surface area contributed by atoms with Crippen LogP contribution >= 0.6 is 0 Å². The van der Waals surface area contributed by atoms with Crippen molar-refractivity contribution in [1.29, 1.82) is 0 Å². The zero-order chi connectivity index (χ0) is 35.8. The Balaban J connectivity index is 0.000000213. The second kappa shape index (κ2) is 11.0. The summed E-state index contributed by atoms with van der Waals surface area (Å²) >= 11 is 0. The molecule has 0 aliphatic carbocycles. The number of fused-ring (bicyclic) bond motifs is 2. The summed E-state index contributed by atoms with van der Waals surface area (Å²) in [6.07, 6.45) is -8.49. The van der Waals surface area contributed by atoms with Crippen LogP contribution < -0.4 is 0 Å². The molecule has 1 aliphatic heterocycles. The smallest absolute Gasteiger partial charge is 0.363 e. The summed E-state index contributed by atoms with van der Waals surface area (Å²) in [5.41, 5.74) is -7.36. The van der Waals surface area contributed by atoms with Gasteiger partial charge in [-0.2, -0.15) is 26.3 Å². The van der Waals surface area contributed by atoms with Gasteiger partial charge < -0.3 is 4.74 Å². The number of halogens is 6. The number of nitro benzene ring substituents is 2. The van der Waals surface area contributed by atoms with E-state index in [9.17, 15) is 68.2 Å². The molecule has 3 heterocycles. The monoisotopic (exact) mass is 714 g/mol. The van der Waals surface area contributed by atoms with Crippen LogP contribution in [0.25, 0.3) is 21.8 Å². The number of nitrogens with zero attached hydrogens (tertiary/aromatic N) is 4. The molecule has 0 amide bonds. The minimum atomic E-state index is -5.06. The number of benzene rings is 2. The number of hydrogen-bond acceptors (Lipinski definition) is 10. The molecule has 2 aromatic carbocycles. The van der Waals surface area contributed by atoms with E-state index in [0.717, 1.165) is 29.3 Å². The number of epoxide rings is 1. The van der Waals surface area contributed by atoms with Crippen LogP contribution in [0, 0.1) is 20.2 Å². The molecule has 0 saturated carbocycles. The van der Waals surface area contributed by atoms with E-state index in [1.807, 2.05) is 0 Å². The Morgan fingerprint density at radius 2 is 1.17 bits per heavy atom. The van der Waals surface area contributed by atoms with E-state index in [1.54, 1.807) is 6.92 Å². The van der Waals surface area contributed by atoms with Gasteiger partial charge in [-0.15, -0.1) is 0 Å². The molecule has 1 unspecified atom stereocenters. The molecule has 47 heavy (non-hydrogen) atoms. The van der Waals surface area contributed by atoms with E-state index >= 15 is 0 Å². The first kappa shape index (κ1) is 35.3. The van der Waals surface area contributed by atoms with Gasteiger partial charge in [0, 0.05) is 29.8 Å². The highest BCUT2D eigenvalue weighted by Gasteiger charge is 2.47. The number of carbonyl (C=O) groups excluding carboxylic acids is 1. The van der Waals surface area contributed by atoms with Crippen molar-refractivity contribution < 1.29 is 62.6 Å². The van der Waals surface area contributed by atoms with Crippen molar-refractivity contribution in [2.24, 2.45) is 0 Å². The van der Waals surface area contributed by atoms with Gasteiger partial charge in [0.05, 0.1) is 45.7 Å². The predicted octanol–water partition coefficient (Wildman–Crippen LogP) is 5.20. The molecule has 1 atom stereocenters. The highest BCUT2D eigenvalue weighted by molar-refractivity contribution is 7.89. The van der Waals surface area contributed by atoms with Gasteiger partial charge in [0.25, 0.3) is 11.4 Å². The van der Waals surface area contributed by atoms with Gasteiger partial charge in [-0.05, 0) is 31.2 Å². The molecule has 2 aromatic heterocycles. The molecule has 14 nitrogen and oxygen atoms in total. The summed E-state index contributed by atoms with van der Waals surface area (Å²) in [6, 6.07) is 4.49. The van der Waals surface area contributed by atoms with Crippen LogP contribution in [0.4, 0.5) is 37.7 Å². The van der Waals surface area contributed by atoms with E-state index in [0.29, 0.717) is 28.4 Å². The molecule has 0 spiro atoms. The van der Waals surface area contributed by atoms with Gasteiger partial charge in [-0.1, -0.05) is 0 Å². The molecular formula is C25H20F6N4O10S2. The van der Waals surface area contributed by atoms with E-state index in [4.69, 9.17) is 4.74 Å². The molecule has 254 valence electrons. The lowest BCUT2D eigenvalue weighted by atomic mass is 10.1. The van der Waals surface area contributed by atoms with Crippen LogP contribution in [0.2, 0.25) is 0 Å². The SMILES string of the molecule is CC(=O)c1cc2cc([N+](=O)[O-])c(C(F)(F)F)cc2n1S(C)(=O)=O.CC1(c2cc3cc([N+](=O)[O-])c(C(F)(F)F)cc3n2S(C)(=O)=O)CO1. The molecule has 0 N–H and O–H groups in total. The van der Waals surface area contributed by atoms with Crippen molar-refractivity contribution in [2.75, 3.05) is 19.1 Å². The van der Waals surface area contributed by atoms with Gasteiger partial charge in [-0.3, -0.25) is 25.0 Å². The van der Waals surface area contributed by atoms with Crippen LogP contribution in [-0.4, -0.2) is 59.5 Å². The summed E-state index contributed by atoms with van der Waals surface area (Å²) < 4.78 is 133. The van der Waals surface area contributed by atoms with Gasteiger partial charge in [-0.25, -0.2) is 24.8 Å². The Hall–Kier alpha value is -4.57. The van der Waals surface area contributed by atoms with E-state index in [-0.39, 0.29) is 34.3 Å². The van der Waals surface area contributed by atoms with Gasteiger partial charge in [0.1, 0.15) is 22.4 Å². The molecule has 1 saturated heterocycles. The minimum Gasteiger partial charge on any atom is -0.363 e. The largest absolute Gasteiger partial charge is 0.423 e. The number of aromatic nitrogens is 2. The fourth-order valence-corrected chi connectivity index (χ4v) is 6.95. The number of alkyl halides is 6. The average molecular weight is 715 g/mol.